The highest BCUT2D eigenvalue weighted by Crippen LogP contribution is 2.43. The fourth-order valence-electron chi connectivity index (χ4n) is 3.33. The van der Waals surface area contributed by atoms with Crippen molar-refractivity contribution in [3.63, 3.8) is 0 Å². The topological polar surface area (TPSA) is 122 Å². The van der Waals surface area contributed by atoms with Crippen LogP contribution in [0.1, 0.15) is 23.1 Å². The molecule has 1 heterocycles. The van der Waals surface area contributed by atoms with Crippen molar-refractivity contribution in [1.29, 1.82) is 0 Å². The Kier molecular flexibility index (Phi) is 6.10. The number of carboxylic acid groups (broad SMARTS) is 1. The van der Waals surface area contributed by atoms with Crippen LogP contribution in [0.4, 0.5) is 5.69 Å². The third kappa shape index (κ3) is 4.36. The van der Waals surface area contributed by atoms with Gasteiger partial charge in [0.2, 0.25) is 12.3 Å². The number of rotatable bonds is 6. The molecule has 0 fully saturated rings. The average Bonchev–Trinajstić information content (AvgIpc) is 2.66. The van der Waals surface area contributed by atoms with Crippen molar-refractivity contribution in [3.05, 3.63) is 63.1 Å². The van der Waals surface area contributed by atoms with Gasteiger partial charge < -0.3 is 21.5 Å². The molecule has 2 aromatic carbocycles. The maximum absolute atomic E-state index is 12.4. The minimum atomic E-state index is -1.08. The van der Waals surface area contributed by atoms with Crippen LogP contribution in [0.15, 0.2) is 36.4 Å². The standard InChI is InChI=1S/C20H17Cl2N3O4/c21-12-5-14(22)18-13(7-16(20(28)29)25-15(18)6-12)17(19(23)27)11-3-1-10(2-4-11)8-24-9-26/h1-6,9,16,25H,7-8H2,(H2,23,27)(H,24,26)(H,28,29)/b17-13-. The largest absolute Gasteiger partial charge is 0.480 e. The van der Waals surface area contributed by atoms with Crippen LogP contribution in [0, 0.1) is 0 Å². The lowest BCUT2D eigenvalue weighted by molar-refractivity contribution is -0.137. The zero-order valence-electron chi connectivity index (χ0n) is 15.0. The fraction of sp³-hybridized carbons (Fsp3) is 0.150. The summed E-state index contributed by atoms with van der Waals surface area (Å²) >= 11 is 12.5. The van der Waals surface area contributed by atoms with E-state index in [9.17, 15) is 19.5 Å². The molecule has 7 nitrogen and oxygen atoms in total. The number of primary amides is 1. The van der Waals surface area contributed by atoms with Crippen molar-refractivity contribution >= 4 is 58.3 Å². The first-order valence-electron chi connectivity index (χ1n) is 8.60. The molecule has 3 rings (SSSR count). The normalized spacial score (nSPS) is 17.0. The van der Waals surface area contributed by atoms with E-state index in [1.807, 2.05) is 0 Å². The van der Waals surface area contributed by atoms with Gasteiger partial charge in [-0.1, -0.05) is 47.5 Å². The summed E-state index contributed by atoms with van der Waals surface area (Å²) in [5, 5.41) is 15.6. The van der Waals surface area contributed by atoms with Gasteiger partial charge in [-0.05, 0) is 28.8 Å². The van der Waals surface area contributed by atoms with E-state index in [1.54, 1.807) is 30.3 Å². The summed E-state index contributed by atoms with van der Waals surface area (Å²) in [5.74, 6) is -1.79. The number of benzene rings is 2. The number of anilines is 1. The van der Waals surface area contributed by atoms with Crippen molar-refractivity contribution in [2.45, 2.75) is 19.0 Å². The van der Waals surface area contributed by atoms with Gasteiger partial charge in [-0.2, -0.15) is 0 Å². The molecule has 1 unspecified atom stereocenters. The Hall–Kier alpha value is -3.03. The van der Waals surface area contributed by atoms with E-state index in [4.69, 9.17) is 28.9 Å². The molecule has 0 aliphatic carbocycles. The van der Waals surface area contributed by atoms with E-state index in [0.717, 1.165) is 5.56 Å². The van der Waals surface area contributed by atoms with Crippen molar-refractivity contribution in [1.82, 2.24) is 5.32 Å². The lowest BCUT2D eigenvalue weighted by atomic mass is 9.85. The van der Waals surface area contributed by atoms with Gasteiger partial charge in [-0.3, -0.25) is 9.59 Å². The first-order chi connectivity index (χ1) is 13.8. The number of halogens is 2. The first-order valence-corrected chi connectivity index (χ1v) is 9.35. The van der Waals surface area contributed by atoms with E-state index in [2.05, 4.69) is 10.6 Å². The molecule has 2 amide bonds. The molecule has 29 heavy (non-hydrogen) atoms. The molecule has 1 aliphatic rings. The van der Waals surface area contributed by atoms with Crippen molar-refractivity contribution in [2.24, 2.45) is 5.73 Å². The van der Waals surface area contributed by atoms with Crippen LogP contribution in [-0.2, 0) is 20.9 Å². The SMILES string of the molecule is NC(=O)/C(=C1/CC(C(=O)O)Nc2cc(Cl)cc(Cl)c21)c1ccc(CNC=O)cc1. The summed E-state index contributed by atoms with van der Waals surface area (Å²) in [6, 6.07) is 8.98. The molecule has 5 N–H and O–H groups in total. The molecule has 2 aromatic rings. The number of nitrogens with two attached hydrogens (primary N) is 1. The van der Waals surface area contributed by atoms with Crippen molar-refractivity contribution in [3.8, 4) is 0 Å². The number of nitrogens with one attached hydrogen (secondary N) is 2. The first kappa shape index (κ1) is 20.7. The average molecular weight is 434 g/mol. The number of carbonyl (C=O) groups is 3. The summed E-state index contributed by atoms with van der Waals surface area (Å²) in [4.78, 5) is 34.5. The molecule has 9 heteroatoms. The molecule has 150 valence electrons. The number of amides is 2. The minimum absolute atomic E-state index is 0.0103. The molecule has 0 saturated carbocycles. The number of hydrogen-bond donors (Lipinski definition) is 4. The van der Waals surface area contributed by atoms with Gasteiger partial charge in [-0.15, -0.1) is 0 Å². The van der Waals surface area contributed by atoms with Gasteiger partial charge in [0.15, 0.2) is 0 Å². The van der Waals surface area contributed by atoms with E-state index in [1.165, 1.54) is 6.07 Å². The van der Waals surface area contributed by atoms with Gasteiger partial charge in [0.1, 0.15) is 6.04 Å². The van der Waals surface area contributed by atoms with Crippen molar-refractivity contribution < 1.29 is 19.5 Å². The molecule has 0 aromatic heterocycles. The molecular formula is C20H17Cl2N3O4. The fourth-order valence-corrected chi connectivity index (χ4v) is 3.94. The summed E-state index contributed by atoms with van der Waals surface area (Å²) < 4.78 is 0. The van der Waals surface area contributed by atoms with Crippen molar-refractivity contribution in [2.75, 3.05) is 5.32 Å². The minimum Gasteiger partial charge on any atom is -0.480 e. The predicted molar refractivity (Wildman–Crippen MR) is 111 cm³/mol. The number of carbonyl (C=O) groups excluding carboxylic acids is 2. The highest BCUT2D eigenvalue weighted by Gasteiger charge is 2.32. The van der Waals surface area contributed by atoms with Crippen LogP contribution >= 0.6 is 23.2 Å². The zero-order valence-corrected chi connectivity index (χ0v) is 16.6. The third-order valence-corrected chi connectivity index (χ3v) is 5.09. The Labute approximate surface area is 176 Å². The monoisotopic (exact) mass is 433 g/mol. The van der Waals surface area contributed by atoms with Crippen LogP contribution in [-0.4, -0.2) is 29.4 Å². The summed E-state index contributed by atoms with van der Waals surface area (Å²) in [5.41, 5.74) is 8.55. The molecule has 1 aliphatic heterocycles. The smallest absolute Gasteiger partial charge is 0.326 e. The van der Waals surface area contributed by atoms with Gasteiger partial charge in [0.05, 0.1) is 10.6 Å². The van der Waals surface area contributed by atoms with Crippen LogP contribution in [0.25, 0.3) is 11.1 Å². The molecule has 0 radical (unpaired) electrons. The van der Waals surface area contributed by atoms with E-state index in [0.29, 0.717) is 40.4 Å². The van der Waals surface area contributed by atoms with Crippen LogP contribution in [0.2, 0.25) is 10.0 Å². The maximum Gasteiger partial charge on any atom is 0.326 e. The number of fused-ring (bicyclic) bond motifs is 1. The molecule has 0 bridgehead atoms. The van der Waals surface area contributed by atoms with Gasteiger partial charge >= 0.3 is 5.97 Å². The number of hydrogen-bond acceptors (Lipinski definition) is 4. The Morgan fingerprint density at radius 1 is 1.24 bits per heavy atom. The number of carboxylic acids is 1. The van der Waals surface area contributed by atoms with E-state index in [-0.39, 0.29) is 17.0 Å². The number of aliphatic carboxylic acids is 1. The van der Waals surface area contributed by atoms with Crippen LogP contribution in [0.3, 0.4) is 0 Å². The highest BCUT2D eigenvalue weighted by molar-refractivity contribution is 6.38. The van der Waals surface area contributed by atoms with E-state index < -0.39 is 17.9 Å². The van der Waals surface area contributed by atoms with Gasteiger partial charge in [0.25, 0.3) is 0 Å². The van der Waals surface area contributed by atoms with Crippen LogP contribution in [0.5, 0.6) is 0 Å². The van der Waals surface area contributed by atoms with Crippen LogP contribution < -0.4 is 16.4 Å². The third-order valence-electron chi connectivity index (χ3n) is 4.57. The second-order valence-electron chi connectivity index (χ2n) is 6.46. The predicted octanol–water partition coefficient (Wildman–Crippen LogP) is 2.90. The Balaban J connectivity index is 2.19. The maximum atomic E-state index is 12.4. The summed E-state index contributed by atoms with van der Waals surface area (Å²) in [6.45, 7) is 0.338. The zero-order chi connectivity index (χ0) is 21.1. The second kappa shape index (κ2) is 8.55. The highest BCUT2D eigenvalue weighted by atomic mass is 35.5. The molecule has 0 saturated heterocycles. The lowest BCUT2D eigenvalue weighted by Gasteiger charge is -2.29. The molecular weight excluding hydrogens is 417 g/mol. The second-order valence-corrected chi connectivity index (χ2v) is 7.31. The summed E-state index contributed by atoms with van der Waals surface area (Å²) in [7, 11) is 0. The van der Waals surface area contributed by atoms with E-state index >= 15 is 0 Å². The Morgan fingerprint density at radius 2 is 1.93 bits per heavy atom. The van der Waals surface area contributed by atoms with Gasteiger partial charge in [0, 0.05) is 29.2 Å². The Bertz CT molecular complexity index is 1020. The van der Waals surface area contributed by atoms with Gasteiger partial charge in [-0.25, -0.2) is 4.79 Å². The summed E-state index contributed by atoms with van der Waals surface area (Å²) in [6.07, 6.45) is 0.603. The Morgan fingerprint density at radius 3 is 2.52 bits per heavy atom. The molecule has 0 spiro atoms. The molecule has 1 atom stereocenters. The lowest BCUT2D eigenvalue weighted by Crippen LogP contribution is -2.33. The quantitative estimate of drug-likeness (QED) is 0.412.